The van der Waals surface area contributed by atoms with Crippen molar-refractivity contribution in [2.45, 2.75) is 26.3 Å². The molecule has 1 fully saturated rings. The molecule has 1 saturated heterocycles. The van der Waals surface area contributed by atoms with Crippen molar-refractivity contribution >= 4 is 11.7 Å². The summed E-state index contributed by atoms with van der Waals surface area (Å²) in [4.78, 5) is 31.9. The average Bonchev–Trinajstić information content (AvgIpc) is 3.19. The molecule has 1 atom stereocenters. The molecule has 1 aliphatic heterocycles. The Morgan fingerprint density at radius 3 is 2.86 bits per heavy atom. The quantitative estimate of drug-likeness (QED) is 0.731. The minimum atomic E-state index is -0.0482. The zero-order valence-electron chi connectivity index (χ0n) is 15.8. The molecule has 0 bridgehead atoms. The number of carbonyl (C=O) groups excluding carboxylic acids is 1. The first kappa shape index (κ1) is 18.1. The first-order valence-electron chi connectivity index (χ1n) is 9.44. The molecule has 1 amide bonds. The van der Waals surface area contributed by atoms with Crippen molar-refractivity contribution in [1.29, 1.82) is 0 Å². The lowest BCUT2D eigenvalue weighted by Gasteiger charge is -2.32. The summed E-state index contributed by atoms with van der Waals surface area (Å²) in [5.41, 5.74) is 1.01. The number of nitrogens with zero attached hydrogens (tertiary/aromatic N) is 6. The van der Waals surface area contributed by atoms with E-state index in [0.717, 1.165) is 42.4 Å². The van der Waals surface area contributed by atoms with E-state index in [4.69, 9.17) is 0 Å². The van der Waals surface area contributed by atoms with E-state index >= 15 is 0 Å². The van der Waals surface area contributed by atoms with Gasteiger partial charge in [0.2, 0.25) is 5.91 Å². The van der Waals surface area contributed by atoms with E-state index < -0.39 is 0 Å². The van der Waals surface area contributed by atoms with Gasteiger partial charge >= 0.3 is 0 Å². The van der Waals surface area contributed by atoms with Crippen LogP contribution in [0.2, 0.25) is 0 Å². The number of imidazole rings is 1. The largest absolute Gasteiger partial charge is 0.355 e. The van der Waals surface area contributed by atoms with Crippen LogP contribution < -0.4 is 10.2 Å². The highest BCUT2D eigenvalue weighted by Crippen LogP contribution is 2.21. The predicted molar refractivity (Wildman–Crippen MR) is 105 cm³/mol. The van der Waals surface area contributed by atoms with E-state index in [1.54, 1.807) is 31.0 Å². The third-order valence-electron chi connectivity index (χ3n) is 5.01. The molecule has 4 rings (SSSR count). The van der Waals surface area contributed by atoms with Gasteiger partial charge in [-0.1, -0.05) is 0 Å². The van der Waals surface area contributed by atoms with Crippen molar-refractivity contribution in [3.8, 4) is 5.82 Å². The number of aromatic nitrogens is 5. The Bertz CT molecular complexity index is 940. The van der Waals surface area contributed by atoms with Crippen LogP contribution >= 0.6 is 0 Å². The van der Waals surface area contributed by atoms with Crippen molar-refractivity contribution < 1.29 is 4.79 Å². The highest BCUT2D eigenvalue weighted by Gasteiger charge is 2.26. The molecule has 0 saturated carbocycles. The van der Waals surface area contributed by atoms with Gasteiger partial charge in [-0.2, -0.15) is 0 Å². The van der Waals surface area contributed by atoms with Crippen LogP contribution in [0.4, 0.5) is 5.82 Å². The summed E-state index contributed by atoms with van der Waals surface area (Å²) in [6, 6.07) is 3.89. The maximum absolute atomic E-state index is 12.7. The van der Waals surface area contributed by atoms with Gasteiger partial charge in [0.25, 0.3) is 0 Å². The third kappa shape index (κ3) is 4.00. The third-order valence-corrected chi connectivity index (χ3v) is 5.01. The van der Waals surface area contributed by atoms with Gasteiger partial charge in [-0.05, 0) is 37.5 Å². The first-order valence-corrected chi connectivity index (χ1v) is 9.44. The zero-order chi connectivity index (χ0) is 19.3. The minimum Gasteiger partial charge on any atom is -0.355 e. The summed E-state index contributed by atoms with van der Waals surface area (Å²) in [5, 5.41) is 3.07. The number of hydrogen-bond acceptors (Lipinski definition) is 6. The van der Waals surface area contributed by atoms with E-state index in [1.807, 2.05) is 29.8 Å². The Morgan fingerprint density at radius 1 is 1.18 bits per heavy atom. The highest BCUT2D eigenvalue weighted by molar-refractivity contribution is 5.79. The Hall–Kier alpha value is -3.29. The summed E-state index contributed by atoms with van der Waals surface area (Å²) >= 11 is 0. The minimum absolute atomic E-state index is 0.0482. The van der Waals surface area contributed by atoms with Crippen molar-refractivity contribution in [2.75, 3.05) is 18.0 Å². The number of rotatable bonds is 5. The lowest BCUT2D eigenvalue weighted by Crippen LogP contribution is -2.43. The van der Waals surface area contributed by atoms with Gasteiger partial charge < -0.3 is 10.2 Å². The van der Waals surface area contributed by atoms with E-state index in [1.165, 1.54) is 0 Å². The van der Waals surface area contributed by atoms with Crippen molar-refractivity contribution in [1.82, 2.24) is 29.8 Å². The molecule has 1 N–H and O–H groups in total. The van der Waals surface area contributed by atoms with Gasteiger partial charge in [-0.25, -0.2) is 15.0 Å². The summed E-state index contributed by atoms with van der Waals surface area (Å²) in [6.07, 6.45) is 12.3. The van der Waals surface area contributed by atoms with Gasteiger partial charge in [0.05, 0.1) is 12.1 Å². The highest BCUT2D eigenvalue weighted by atomic mass is 16.1. The Kier molecular flexibility index (Phi) is 5.27. The van der Waals surface area contributed by atoms with Gasteiger partial charge in [-0.15, -0.1) is 0 Å². The summed E-state index contributed by atoms with van der Waals surface area (Å²) in [5.74, 6) is 2.53. The van der Waals surface area contributed by atoms with Crippen LogP contribution in [0, 0.1) is 12.8 Å². The number of aryl methyl sites for hydroxylation is 1. The number of anilines is 1. The predicted octanol–water partition coefficient (Wildman–Crippen LogP) is 1.90. The number of amides is 1. The van der Waals surface area contributed by atoms with Crippen LogP contribution in [0.15, 0.2) is 49.3 Å². The van der Waals surface area contributed by atoms with Crippen LogP contribution in [0.3, 0.4) is 0 Å². The molecule has 8 nitrogen and oxygen atoms in total. The fourth-order valence-corrected chi connectivity index (χ4v) is 3.51. The van der Waals surface area contributed by atoms with Crippen molar-refractivity contribution in [3.05, 3.63) is 60.7 Å². The van der Waals surface area contributed by atoms with Gasteiger partial charge in [-0.3, -0.25) is 14.3 Å². The van der Waals surface area contributed by atoms with Crippen LogP contribution in [-0.2, 0) is 11.3 Å². The molecule has 4 heterocycles. The van der Waals surface area contributed by atoms with E-state index in [9.17, 15) is 4.79 Å². The van der Waals surface area contributed by atoms with Gasteiger partial charge in [0, 0.05) is 50.6 Å². The summed E-state index contributed by atoms with van der Waals surface area (Å²) in [7, 11) is 0. The number of nitrogens with one attached hydrogen (secondary N) is 1. The monoisotopic (exact) mass is 377 g/mol. The molecule has 0 radical (unpaired) electrons. The molecule has 0 spiro atoms. The second-order valence-corrected chi connectivity index (χ2v) is 6.93. The van der Waals surface area contributed by atoms with Crippen LogP contribution in [0.25, 0.3) is 5.82 Å². The maximum atomic E-state index is 12.7. The maximum Gasteiger partial charge on any atom is 0.225 e. The second kappa shape index (κ2) is 8.16. The van der Waals surface area contributed by atoms with E-state index in [2.05, 4.69) is 30.2 Å². The molecular formula is C20H23N7O. The number of piperidine rings is 1. The van der Waals surface area contributed by atoms with Gasteiger partial charge in [0.15, 0.2) is 0 Å². The first-order chi connectivity index (χ1) is 13.7. The molecule has 0 aromatic carbocycles. The van der Waals surface area contributed by atoms with Crippen molar-refractivity contribution in [3.63, 3.8) is 0 Å². The van der Waals surface area contributed by atoms with Crippen LogP contribution in [0.1, 0.15) is 24.2 Å². The summed E-state index contributed by atoms with van der Waals surface area (Å²) in [6.45, 7) is 3.98. The fraction of sp³-hybridized carbons (Fsp3) is 0.350. The van der Waals surface area contributed by atoms with E-state index in [0.29, 0.717) is 13.1 Å². The van der Waals surface area contributed by atoms with Crippen molar-refractivity contribution in [2.24, 2.45) is 5.92 Å². The van der Waals surface area contributed by atoms with Gasteiger partial charge in [0.1, 0.15) is 17.5 Å². The molecule has 1 aliphatic rings. The molecule has 8 heteroatoms. The Labute approximate surface area is 163 Å². The summed E-state index contributed by atoms with van der Waals surface area (Å²) < 4.78 is 1.92. The molecule has 3 aromatic heterocycles. The standard InChI is InChI=1S/C20H23N7O/c1-15-22-8-10-27(15)18-11-16(4-5-23-18)12-25-20(28)17-3-2-9-26(14-17)19-13-21-6-7-24-19/h4-8,10-11,13,17H,2-3,9,12,14H2,1H3,(H,25,28)/t17-/m0/s1. The molecular weight excluding hydrogens is 354 g/mol. The SMILES string of the molecule is Cc1nccn1-c1cc(CNC(=O)[C@H]2CCCN(c3cnccn3)C2)ccn1. The number of hydrogen-bond donors (Lipinski definition) is 1. The van der Waals surface area contributed by atoms with E-state index in [-0.39, 0.29) is 11.8 Å². The average molecular weight is 377 g/mol. The fourth-order valence-electron chi connectivity index (χ4n) is 3.51. The molecule has 0 unspecified atom stereocenters. The lowest BCUT2D eigenvalue weighted by molar-refractivity contribution is -0.125. The molecule has 28 heavy (non-hydrogen) atoms. The van der Waals surface area contributed by atoms with Crippen LogP contribution in [0.5, 0.6) is 0 Å². The topological polar surface area (TPSA) is 88.8 Å². The Morgan fingerprint density at radius 2 is 2.07 bits per heavy atom. The normalized spacial score (nSPS) is 16.8. The zero-order valence-corrected chi connectivity index (χ0v) is 15.8. The molecule has 144 valence electrons. The number of pyridine rings is 1. The smallest absolute Gasteiger partial charge is 0.225 e. The lowest BCUT2D eigenvalue weighted by atomic mass is 9.97. The molecule has 3 aromatic rings. The van der Waals surface area contributed by atoms with Crippen LogP contribution in [-0.4, -0.2) is 43.5 Å². The second-order valence-electron chi connectivity index (χ2n) is 6.93. The number of carbonyl (C=O) groups is 1. The Balaban J connectivity index is 1.37. The molecule has 0 aliphatic carbocycles.